The average molecular weight is 575 g/mol. The predicted octanol–water partition coefficient (Wildman–Crippen LogP) is 2.45. The summed E-state index contributed by atoms with van der Waals surface area (Å²) in [6.45, 7) is 2.85. The zero-order chi connectivity index (χ0) is 30.5. The van der Waals surface area contributed by atoms with Gasteiger partial charge in [0.2, 0.25) is 0 Å². The van der Waals surface area contributed by atoms with Crippen LogP contribution in [-0.2, 0) is 45.1 Å². The standard InChI is InChI=1S/2C15H17N3O3/c2*1-10(19)14-17-8-12(18-14)9-21-15(20)13(16)7-11-5-3-2-4-6-11/h2*2-6,8,13H,7,9,16H2,1H3,(H,17,18)/t2*13-/m00/s1. The lowest BCUT2D eigenvalue weighted by molar-refractivity contribution is -0.147. The van der Waals surface area contributed by atoms with E-state index in [1.165, 1.54) is 26.2 Å². The van der Waals surface area contributed by atoms with Gasteiger partial charge in [0.25, 0.3) is 0 Å². The van der Waals surface area contributed by atoms with Gasteiger partial charge in [0.1, 0.15) is 25.3 Å². The molecule has 2 heterocycles. The first-order valence-corrected chi connectivity index (χ1v) is 13.1. The molecule has 4 aromatic rings. The van der Waals surface area contributed by atoms with E-state index in [1.807, 2.05) is 60.7 Å². The third-order valence-electron chi connectivity index (χ3n) is 5.87. The summed E-state index contributed by atoms with van der Waals surface area (Å²) >= 11 is 0. The summed E-state index contributed by atoms with van der Waals surface area (Å²) in [5.41, 5.74) is 14.7. The van der Waals surface area contributed by atoms with E-state index in [0.717, 1.165) is 11.1 Å². The lowest BCUT2D eigenvalue weighted by Crippen LogP contribution is -2.34. The first-order chi connectivity index (χ1) is 20.1. The number of H-pyrrole nitrogens is 2. The van der Waals surface area contributed by atoms with Crippen LogP contribution in [0.5, 0.6) is 0 Å². The summed E-state index contributed by atoms with van der Waals surface area (Å²) < 4.78 is 10.2. The van der Waals surface area contributed by atoms with Crippen molar-refractivity contribution in [3.63, 3.8) is 0 Å². The van der Waals surface area contributed by atoms with E-state index in [-0.39, 0.29) is 36.4 Å². The van der Waals surface area contributed by atoms with Crippen LogP contribution in [0, 0.1) is 0 Å². The molecule has 220 valence electrons. The zero-order valence-corrected chi connectivity index (χ0v) is 23.4. The van der Waals surface area contributed by atoms with E-state index in [9.17, 15) is 19.2 Å². The van der Waals surface area contributed by atoms with Crippen molar-refractivity contribution in [2.75, 3.05) is 0 Å². The fourth-order valence-electron chi connectivity index (χ4n) is 3.64. The van der Waals surface area contributed by atoms with E-state index < -0.39 is 24.0 Å². The van der Waals surface area contributed by atoms with Gasteiger partial charge in [-0.1, -0.05) is 60.7 Å². The third-order valence-corrected chi connectivity index (χ3v) is 5.87. The maximum atomic E-state index is 11.8. The number of hydrogen-bond donors (Lipinski definition) is 4. The number of Topliss-reactive ketones (excluding diaryl/α,β-unsaturated/α-hetero) is 2. The minimum atomic E-state index is -0.720. The quantitative estimate of drug-likeness (QED) is 0.144. The number of ether oxygens (including phenoxy) is 2. The van der Waals surface area contributed by atoms with Gasteiger partial charge < -0.3 is 30.9 Å². The summed E-state index contributed by atoms with van der Waals surface area (Å²) in [6.07, 6.45) is 3.77. The van der Waals surface area contributed by atoms with Crippen molar-refractivity contribution < 1.29 is 28.7 Å². The molecular formula is C30H34N6O6. The number of aromatic amines is 2. The highest BCUT2D eigenvalue weighted by Crippen LogP contribution is 2.07. The number of imidazole rings is 2. The van der Waals surface area contributed by atoms with E-state index in [4.69, 9.17) is 20.9 Å². The lowest BCUT2D eigenvalue weighted by Gasteiger charge is -2.11. The van der Waals surface area contributed by atoms with Crippen LogP contribution in [0.15, 0.2) is 73.1 Å². The first-order valence-electron chi connectivity index (χ1n) is 13.1. The molecule has 2 atom stereocenters. The Morgan fingerprint density at radius 2 is 1.02 bits per heavy atom. The fraction of sp³-hybridized carbons (Fsp3) is 0.267. The molecule has 0 saturated carbocycles. The second-order valence-corrected chi connectivity index (χ2v) is 9.43. The zero-order valence-electron chi connectivity index (χ0n) is 23.4. The Morgan fingerprint density at radius 1 is 0.667 bits per heavy atom. The molecule has 12 nitrogen and oxygen atoms in total. The maximum Gasteiger partial charge on any atom is 0.323 e. The van der Waals surface area contributed by atoms with E-state index >= 15 is 0 Å². The van der Waals surface area contributed by atoms with Crippen LogP contribution in [0.2, 0.25) is 0 Å². The average Bonchev–Trinajstić information content (AvgIpc) is 3.66. The number of rotatable bonds is 12. The molecule has 0 bridgehead atoms. The smallest absolute Gasteiger partial charge is 0.323 e. The van der Waals surface area contributed by atoms with Crippen LogP contribution >= 0.6 is 0 Å². The number of nitrogens with zero attached hydrogens (tertiary/aromatic N) is 2. The molecule has 0 saturated heterocycles. The third kappa shape index (κ3) is 10.2. The molecule has 42 heavy (non-hydrogen) atoms. The van der Waals surface area contributed by atoms with Crippen LogP contribution in [0.3, 0.4) is 0 Å². The van der Waals surface area contributed by atoms with Crippen LogP contribution in [0.25, 0.3) is 0 Å². The second-order valence-electron chi connectivity index (χ2n) is 9.43. The number of nitrogens with one attached hydrogen (secondary N) is 2. The molecule has 0 fully saturated rings. The minimum absolute atomic E-state index is 0.0155. The number of aromatic nitrogens is 4. The topological polar surface area (TPSA) is 196 Å². The van der Waals surface area contributed by atoms with Gasteiger partial charge in [-0.3, -0.25) is 19.2 Å². The SMILES string of the molecule is CC(=O)c1ncc(COC(=O)[C@@H](N)Cc2ccccc2)[nH]1.CC(=O)c1ncc(COC(=O)[C@@H](N)Cc2ccccc2)[nH]1. The normalized spacial score (nSPS) is 11.9. The molecule has 0 unspecified atom stereocenters. The van der Waals surface area contributed by atoms with Crippen LogP contribution in [0.4, 0.5) is 0 Å². The summed E-state index contributed by atoms with van der Waals surface area (Å²) in [4.78, 5) is 59.1. The Labute approximate surface area is 242 Å². The molecule has 4 rings (SSSR count). The Morgan fingerprint density at radius 3 is 1.33 bits per heavy atom. The number of hydrogen-bond acceptors (Lipinski definition) is 10. The van der Waals surface area contributed by atoms with Crippen LogP contribution in [0.1, 0.15) is 57.6 Å². The van der Waals surface area contributed by atoms with Crippen molar-refractivity contribution in [1.82, 2.24) is 19.9 Å². The number of benzene rings is 2. The molecule has 0 aliphatic rings. The predicted molar refractivity (Wildman–Crippen MR) is 153 cm³/mol. The minimum Gasteiger partial charge on any atom is -0.458 e. The molecule has 2 aromatic carbocycles. The van der Waals surface area contributed by atoms with Crippen LogP contribution in [-0.4, -0.2) is 55.5 Å². The summed E-state index contributed by atoms with van der Waals surface area (Å²) in [5.74, 6) is -0.832. The van der Waals surface area contributed by atoms with Gasteiger partial charge in [0.15, 0.2) is 23.2 Å². The molecule has 6 N–H and O–H groups in total. The molecule has 0 amide bonds. The molecule has 0 radical (unpaired) electrons. The molecular weight excluding hydrogens is 540 g/mol. The van der Waals surface area contributed by atoms with Crippen molar-refractivity contribution in [2.45, 2.75) is 52.0 Å². The number of carbonyl (C=O) groups is 4. The van der Waals surface area contributed by atoms with Crippen molar-refractivity contribution >= 4 is 23.5 Å². The van der Waals surface area contributed by atoms with Crippen molar-refractivity contribution in [3.8, 4) is 0 Å². The van der Waals surface area contributed by atoms with Crippen LogP contribution < -0.4 is 11.5 Å². The molecule has 0 spiro atoms. The largest absolute Gasteiger partial charge is 0.458 e. The fourth-order valence-corrected chi connectivity index (χ4v) is 3.64. The summed E-state index contributed by atoms with van der Waals surface area (Å²) in [6, 6.07) is 17.5. The maximum absolute atomic E-state index is 11.8. The Kier molecular flexibility index (Phi) is 11.8. The van der Waals surface area contributed by atoms with Gasteiger partial charge in [-0.15, -0.1) is 0 Å². The van der Waals surface area contributed by atoms with Crippen molar-refractivity contribution in [2.24, 2.45) is 11.5 Å². The van der Waals surface area contributed by atoms with E-state index in [1.54, 1.807) is 0 Å². The van der Waals surface area contributed by atoms with Crippen molar-refractivity contribution in [3.05, 3.63) is 107 Å². The lowest BCUT2D eigenvalue weighted by atomic mass is 10.1. The number of ketones is 2. The Balaban J connectivity index is 0.000000230. The Bertz CT molecular complexity index is 1360. The Hall–Kier alpha value is -4.94. The molecule has 12 heteroatoms. The molecule has 2 aromatic heterocycles. The van der Waals surface area contributed by atoms with Gasteiger partial charge >= 0.3 is 11.9 Å². The molecule has 0 aliphatic heterocycles. The first kappa shape index (κ1) is 31.6. The summed E-state index contributed by atoms with van der Waals surface area (Å²) in [5, 5.41) is 0. The van der Waals surface area contributed by atoms with Crippen molar-refractivity contribution in [1.29, 1.82) is 0 Å². The highest BCUT2D eigenvalue weighted by Gasteiger charge is 2.17. The number of esters is 2. The number of nitrogens with two attached hydrogens (primary N) is 2. The van der Waals surface area contributed by atoms with Gasteiger partial charge in [-0.05, 0) is 24.0 Å². The molecule has 0 aliphatic carbocycles. The monoisotopic (exact) mass is 574 g/mol. The summed E-state index contributed by atoms with van der Waals surface area (Å²) in [7, 11) is 0. The van der Waals surface area contributed by atoms with Gasteiger partial charge in [-0.2, -0.15) is 0 Å². The van der Waals surface area contributed by atoms with E-state index in [0.29, 0.717) is 24.2 Å². The number of carbonyl (C=O) groups excluding carboxylic acids is 4. The second kappa shape index (κ2) is 15.7. The van der Waals surface area contributed by atoms with Gasteiger partial charge in [0.05, 0.1) is 23.8 Å². The highest BCUT2D eigenvalue weighted by atomic mass is 16.5. The highest BCUT2D eigenvalue weighted by molar-refractivity contribution is 5.90. The van der Waals surface area contributed by atoms with Gasteiger partial charge in [-0.25, -0.2) is 9.97 Å². The van der Waals surface area contributed by atoms with Gasteiger partial charge in [0, 0.05) is 13.8 Å². The van der Waals surface area contributed by atoms with E-state index in [2.05, 4.69) is 19.9 Å².